The molecule has 114 valence electrons. The first kappa shape index (κ1) is 15.6. The summed E-state index contributed by atoms with van der Waals surface area (Å²) in [6.45, 7) is 6.90. The van der Waals surface area contributed by atoms with Gasteiger partial charge in [-0.15, -0.1) is 0 Å². The minimum absolute atomic E-state index is 0.296. The number of aryl methyl sites for hydroxylation is 1. The van der Waals surface area contributed by atoms with Crippen LogP contribution in [0, 0.1) is 0 Å². The van der Waals surface area contributed by atoms with Gasteiger partial charge in [0.1, 0.15) is 5.75 Å². The summed E-state index contributed by atoms with van der Waals surface area (Å²) in [5.41, 5.74) is 1.24. The number of nitrogens with zero attached hydrogens (tertiary/aromatic N) is 2. The summed E-state index contributed by atoms with van der Waals surface area (Å²) in [6, 6.07) is 10.3. The smallest absolute Gasteiger partial charge is 0.119 e. The maximum absolute atomic E-state index is 5.79. The van der Waals surface area contributed by atoms with Gasteiger partial charge in [0.2, 0.25) is 0 Å². The topological polar surface area (TPSA) is 39.1 Å². The third kappa shape index (κ3) is 4.90. The number of hydrogen-bond donors (Lipinski definition) is 1. The van der Waals surface area contributed by atoms with Crippen LogP contribution in [0.3, 0.4) is 0 Å². The number of benzene rings is 1. The van der Waals surface area contributed by atoms with Crippen LogP contribution in [0.4, 0.5) is 0 Å². The zero-order valence-electron chi connectivity index (χ0n) is 13.0. The van der Waals surface area contributed by atoms with E-state index in [1.807, 2.05) is 41.2 Å². The van der Waals surface area contributed by atoms with Gasteiger partial charge in [-0.2, -0.15) is 5.10 Å². The molecule has 0 bridgehead atoms. The monoisotopic (exact) mass is 287 g/mol. The second-order valence-corrected chi connectivity index (χ2v) is 5.10. The molecule has 0 fully saturated rings. The molecule has 1 atom stereocenters. The first-order valence-electron chi connectivity index (χ1n) is 7.77. The SMILES string of the molecule is CCCn1cc(C(CCOc2ccccc2)NCC)cn1. The van der Waals surface area contributed by atoms with Crippen molar-refractivity contribution in [3.8, 4) is 5.75 Å². The Labute approximate surface area is 127 Å². The molecule has 0 saturated carbocycles. The Balaban J connectivity index is 1.88. The molecule has 1 aromatic heterocycles. The molecule has 0 aliphatic heterocycles. The Morgan fingerprint density at radius 2 is 2.05 bits per heavy atom. The maximum Gasteiger partial charge on any atom is 0.119 e. The van der Waals surface area contributed by atoms with Crippen molar-refractivity contribution in [1.29, 1.82) is 0 Å². The van der Waals surface area contributed by atoms with E-state index in [4.69, 9.17) is 4.74 Å². The van der Waals surface area contributed by atoms with Gasteiger partial charge in [-0.05, 0) is 25.1 Å². The Bertz CT molecular complexity index is 510. The minimum atomic E-state index is 0.296. The van der Waals surface area contributed by atoms with Gasteiger partial charge in [0.05, 0.1) is 12.8 Å². The van der Waals surface area contributed by atoms with Crippen molar-refractivity contribution in [3.63, 3.8) is 0 Å². The van der Waals surface area contributed by atoms with Crippen molar-refractivity contribution in [1.82, 2.24) is 15.1 Å². The van der Waals surface area contributed by atoms with E-state index >= 15 is 0 Å². The van der Waals surface area contributed by atoms with E-state index in [-0.39, 0.29) is 0 Å². The fourth-order valence-electron chi connectivity index (χ4n) is 2.36. The second kappa shape index (κ2) is 8.47. The normalized spacial score (nSPS) is 12.3. The maximum atomic E-state index is 5.79. The fraction of sp³-hybridized carbons (Fsp3) is 0.471. The Kier molecular flexibility index (Phi) is 6.28. The van der Waals surface area contributed by atoms with Gasteiger partial charge in [0.25, 0.3) is 0 Å². The number of nitrogens with one attached hydrogen (secondary N) is 1. The van der Waals surface area contributed by atoms with E-state index < -0.39 is 0 Å². The molecule has 21 heavy (non-hydrogen) atoms. The number of para-hydroxylation sites is 1. The lowest BCUT2D eigenvalue weighted by molar-refractivity contribution is 0.287. The van der Waals surface area contributed by atoms with Gasteiger partial charge in [0, 0.05) is 30.8 Å². The Morgan fingerprint density at radius 3 is 2.76 bits per heavy atom. The summed E-state index contributed by atoms with van der Waals surface area (Å²) in [4.78, 5) is 0. The van der Waals surface area contributed by atoms with Crippen LogP contribution in [0.15, 0.2) is 42.7 Å². The number of rotatable bonds is 9. The lowest BCUT2D eigenvalue weighted by Gasteiger charge is -2.16. The molecule has 1 aromatic carbocycles. The van der Waals surface area contributed by atoms with Crippen molar-refractivity contribution in [2.24, 2.45) is 0 Å². The van der Waals surface area contributed by atoms with Gasteiger partial charge < -0.3 is 10.1 Å². The molecular weight excluding hydrogens is 262 g/mol. The highest BCUT2D eigenvalue weighted by atomic mass is 16.5. The Hall–Kier alpha value is -1.81. The van der Waals surface area contributed by atoms with Crippen LogP contribution >= 0.6 is 0 Å². The molecule has 2 aromatic rings. The van der Waals surface area contributed by atoms with E-state index in [2.05, 4.69) is 30.5 Å². The molecule has 1 heterocycles. The van der Waals surface area contributed by atoms with Crippen molar-refractivity contribution in [2.75, 3.05) is 13.2 Å². The molecule has 2 rings (SSSR count). The van der Waals surface area contributed by atoms with Gasteiger partial charge in [0.15, 0.2) is 0 Å². The predicted octanol–water partition coefficient (Wildman–Crippen LogP) is 3.41. The van der Waals surface area contributed by atoms with Crippen LogP contribution < -0.4 is 10.1 Å². The highest BCUT2D eigenvalue weighted by molar-refractivity contribution is 5.21. The second-order valence-electron chi connectivity index (χ2n) is 5.10. The molecule has 1 unspecified atom stereocenters. The third-order valence-corrected chi connectivity index (χ3v) is 3.38. The first-order valence-corrected chi connectivity index (χ1v) is 7.77. The van der Waals surface area contributed by atoms with Gasteiger partial charge in [-0.3, -0.25) is 4.68 Å². The zero-order chi connectivity index (χ0) is 14.9. The molecule has 4 heteroatoms. The average Bonchev–Trinajstić information content (AvgIpc) is 2.96. The van der Waals surface area contributed by atoms with Crippen molar-refractivity contribution in [2.45, 2.75) is 39.3 Å². The molecule has 0 saturated heterocycles. The summed E-state index contributed by atoms with van der Waals surface area (Å²) in [7, 11) is 0. The lowest BCUT2D eigenvalue weighted by Crippen LogP contribution is -2.22. The van der Waals surface area contributed by atoms with Crippen LogP contribution in [0.1, 0.15) is 38.3 Å². The van der Waals surface area contributed by atoms with E-state index in [1.165, 1.54) is 5.56 Å². The minimum Gasteiger partial charge on any atom is -0.494 e. The number of aromatic nitrogens is 2. The van der Waals surface area contributed by atoms with Crippen LogP contribution in [0.2, 0.25) is 0 Å². The standard InChI is InChI=1S/C17H25N3O/c1-3-11-20-14-15(13-19-20)17(18-4-2)10-12-21-16-8-6-5-7-9-16/h5-9,13-14,17-18H,3-4,10-12H2,1-2H3. The Morgan fingerprint density at radius 1 is 1.24 bits per heavy atom. The van der Waals surface area contributed by atoms with Crippen LogP contribution in [-0.2, 0) is 6.54 Å². The lowest BCUT2D eigenvalue weighted by atomic mass is 10.1. The molecule has 0 spiro atoms. The van der Waals surface area contributed by atoms with Crippen LogP contribution in [0.25, 0.3) is 0 Å². The molecule has 1 N–H and O–H groups in total. The largest absolute Gasteiger partial charge is 0.494 e. The summed E-state index contributed by atoms with van der Waals surface area (Å²) in [5, 5.41) is 7.92. The van der Waals surface area contributed by atoms with Crippen molar-refractivity contribution >= 4 is 0 Å². The van der Waals surface area contributed by atoms with E-state index in [9.17, 15) is 0 Å². The number of hydrogen-bond acceptors (Lipinski definition) is 3. The summed E-state index contributed by atoms with van der Waals surface area (Å²) < 4.78 is 7.80. The van der Waals surface area contributed by atoms with Crippen LogP contribution in [-0.4, -0.2) is 22.9 Å². The fourth-order valence-corrected chi connectivity index (χ4v) is 2.36. The average molecular weight is 287 g/mol. The van der Waals surface area contributed by atoms with Gasteiger partial charge in [-0.1, -0.05) is 32.0 Å². The zero-order valence-corrected chi connectivity index (χ0v) is 13.0. The van der Waals surface area contributed by atoms with Gasteiger partial charge >= 0.3 is 0 Å². The van der Waals surface area contributed by atoms with Crippen molar-refractivity contribution < 1.29 is 4.74 Å². The highest BCUT2D eigenvalue weighted by Crippen LogP contribution is 2.17. The third-order valence-electron chi connectivity index (χ3n) is 3.38. The summed E-state index contributed by atoms with van der Waals surface area (Å²) in [6.07, 6.45) is 6.13. The van der Waals surface area contributed by atoms with Gasteiger partial charge in [-0.25, -0.2) is 0 Å². The molecule has 4 nitrogen and oxygen atoms in total. The highest BCUT2D eigenvalue weighted by Gasteiger charge is 2.12. The molecule has 0 aliphatic carbocycles. The number of ether oxygens (including phenoxy) is 1. The van der Waals surface area contributed by atoms with Crippen LogP contribution in [0.5, 0.6) is 5.75 Å². The quantitative estimate of drug-likeness (QED) is 0.768. The first-order chi connectivity index (χ1) is 10.3. The van der Waals surface area contributed by atoms with Crippen molar-refractivity contribution in [3.05, 3.63) is 48.3 Å². The van der Waals surface area contributed by atoms with E-state index in [1.54, 1.807) is 0 Å². The van der Waals surface area contributed by atoms with E-state index in [0.717, 1.165) is 31.7 Å². The predicted molar refractivity (Wildman–Crippen MR) is 85.5 cm³/mol. The summed E-state index contributed by atoms with van der Waals surface area (Å²) in [5.74, 6) is 0.925. The molecule has 0 aliphatic rings. The molecular formula is C17H25N3O. The molecule has 0 amide bonds. The summed E-state index contributed by atoms with van der Waals surface area (Å²) >= 11 is 0. The van der Waals surface area contributed by atoms with E-state index in [0.29, 0.717) is 12.6 Å². The molecule has 0 radical (unpaired) electrons.